The third-order valence-corrected chi connectivity index (χ3v) is 3.87. The van der Waals surface area contributed by atoms with E-state index in [9.17, 15) is 10.1 Å². The molecule has 2 N–H and O–H groups in total. The van der Waals surface area contributed by atoms with Crippen molar-refractivity contribution in [2.45, 2.75) is 6.04 Å². The summed E-state index contributed by atoms with van der Waals surface area (Å²) in [4.78, 5) is 13.9. The number of carbonyl (C=O) groups is 1. The molecule has 0 aromatic heterocycles. The highest BCUT2D eigenvalue weighted by Gasteiger charge is 2.29. The van der Waals surface area contributed by atoms with E-state index in [1.54, 1.807) is 7.05 Å². The zero-order valence-corrected chi connectivity index (χ0v) is 12.2. The molecule has 2 rings (SSSR count). The van der Waals surface area contributed by atoms with Crippen LogP contribution in [0.5, 0.6) is 0 Å². The normalized spacial score (nSPS) is 18.8. The molecule has 0 spiro atoms. The molecule has 1 atom stereocenters. The summed E-state index contributed by atoms with van der Waals surface area (Å²) in [6, 6.07) is 7.50. The molecule has 0 radical (unpaired) electrons. The number of likely N-dealkylation sites (N-methyl/N-ethyl adjacent to an activating group) is 1. The zero-order chi connectivity index (χ0) is 13.8. The van der Waals surface area contributed by atoms with E-state index in [-0.39, 0.29) is 11.9 Å². The van der Waals surface area contributed by atoms with E-state index in [4.69, 9.17) is 0 Å². The number of benzene rings is 1. The lowest BCUT2D eigenvalue weighted by Crippen LogP contribution is -2.57. The molecule has 6 heteroatoms. The quantitative estimate of drug-likeness (QED) is 0.847. The van der Waals surface area contributed by atoms with Gasteiger partial charge in [-0.15, -0.1) is 0 Å². The summed E-state index contributed by atoms with van der Waals surface area (Å²) >= 11 is 3.38. The number of nitrogens with zero attached hydrogens (tertiary/aromatic N) is 2. The first-order chi connectivity index (χ1) is 9.19. The fraction of sp³-hybridized carbons (Fsp3) is 0.385. The van der Waals surface area contributed by atoms with Crippen LogP contribution in [0.15, 0.2) is 22.7 Å². The van der Waals surface area contributed by atoms with Crippen LogP contribution in [0.3, 0.4) is 0 Å². The minimum Gasteiger partial charge on any atom is -0.357 e. The second-order valence-electron chi connectivity index (χ2n) is 4.27. The number of carbonyl (C=O) groups excluding carboxylic acids is 1. The molecule has 1 amide bonds. The lowest BCUT2D eigenvalue weighted by molar-refractivity contribution is -0.122. The van der Waals surface area contributed by atoms with Gasteiger partial charge in [-0.05, 0) is 28.1 Å². The van der Waals surface area contributed by atoms with Gasteiger partial charge in [-0.1, -0.05) is 6.07 Å². The lowest BCUT2D eigenvalue weighted by atomic mass is 10.1. The van der Waals surface area contributed by atoms with Crippen LogP contribution < -0.4 is 15.5 Å². The molecule has 1 saturated heterocycles. The maximum absolute atomic E-state index is 11.9. The molecule has 1 heterocycles. The summed E-state index contributed by atoms with van der Waals surface area (Å²) in [5.74, 6) is -0.0453. The predicted octanol–water partition coefficient (Wildman–Crippen LogP) is 0.845. The van der Waals surface area contributed by atoms with Gasteiger partial charge in [0.1, 0.15) is 12.1 Å². The Morgan fingerprint density at radius 2 is 2.42 bits per heavy atom. The molecule has 0 saturated carbocycles. The Kier molecular flexibility index (Phi) is 4.40. The Morgan fingerprint density at radius 3 is 3.11 bits per heavy atom. The van der Waals surface area contributed by atoms with Crippen molar-refractivity contribution in [1.82, 2.24) is 10.6 Å². The smallest absolute Gasteiger partial charge is 0.243 e. The van der Waals surface area contributed by atoms with Crippen LogP contribution in [0.25, 0.3) is 0 Å². The van der Waals surface area contributed by atoms with Gasteiger partial charge in [0, 0.05) is 31.2 Å². The number of amides is 1. The Bertz CT molecular complexity index is 526. The van der Waals surface area contributed by atoms with Crippen LogP contribution in [-0.4, -0.2) is 38.6 Å². The van der Waals surface area contributed by atoms with Crippen molar-refractivity contribution in [2.75, 3.05) is 31.6 Å². The molecule has 19 heavy (non-hydrogen) atoms. The highest BCUT2D eigenvalue weighted by Crippen LogP contribution is 2.28. The average Bonchev–Trinajstić information content (AvgIpc) is 2.46. The van der Waals surface area contributed by atoms with Crippen molar-refractivity contribution in [3.8, 4) is 6.07 Å². The first kappa shape index (κ1) is 13.8. The van der Waals surface area contributed by atoms with Crippen LogP contribution >= 0.6 is 15.9 Å². The number of piperazine rings is 1. The van der Waals surface area contributed by atoms with Gasteiger partial charge in [0.15, 0.2) is 0 Å². The summed E-state index contributed by atoms with van der Waals surface area (Å²) in [5.41, 5.74) is 1.37. The van der Waals surface area contributed by atoms with Crippen LogP contribution in [0.1, 0.15) is 5.56 Å². The van der Waals surface area contributed by atoms with E-state index >= 15 is 0 Å². The minimum atomic E-state index is -0.292. The van der Waals surface area contributed by atoms with Crippen molar-refractivity contribution in [3.63, 3.8) is 0 Å². The third-order valence-electron chi connectivity index (χ3n) is 3.21. The van der Waals surface area contributed by atoms with E-state index in [1.165, 1.54) is 0 Å². The van der Waals surface area contributed by atoms with Gasteiger partial charge >= 0.3 is 0 Å². The van der Waals surface area contributed by atoms with Gasteiger partial charge in [-0.3, -0.25) is 4.79 Å². The largest absolute Gasteiger partial charge is 0.357 e. The maximum atomic E-state index is 11.9. The van der Waals surface area contributed by atoms with Gasteiger partial charge in [0.25, 0.3) is 0 Å². The molecule has 1 aliphatic heterocycles. The Balaban J connectivity index is 2.41. The monoisotopic (exact) mass is 322 g/mol. The van der Waals surface area contributed by atoms with Crippen molar-refractivity contribution in [1.29, 1.82) is 5.26 Å². The van der Waals surface area contributed by atoms with Gasteiger partial charge in [0.2, 0.25) is 5.91 Å². The lowest BCUT2D eigenvalue weighted by Gasteiger charge is -2.37. The van der Waals surface area contributed by atoms with Gasteiger partial charge in [0.05, 0.1) is 11.3 Å². The van der Waals surface area contributed by atoms with Crippen LogP contribution in [0.2, 0.25) is 0 Å². The van der Waals surface area contributed by atoms with Crippen molar-refractivity contribution >= 4 is 27.5 Å². The molecule has 1 aromatic carbocycles. The molecule has 0 aliphatic carbocycles. The van der Waals surface area contributed by atoms with E-state index in [2.05, 4.69) is 32.6 Å². The summed E-state index contributed by atoms with van der Waals surface area (Å²) < 4.78 is 0.752. The molecule has 1 unspecified atom stereocenters. The average molecular weight is 323 g/mol. The maximum Gasteiger partial charge on any atom is 0.243 e. The molecule has 1 aliphatic rings. The van der Waals surface area contributed by atoms with Crippen molar-refractivity contribution in [3.05, 3.63) is 28.2 Å². The SMILES string of the molecule is CNC(=O)C1CNCCN1c1cccc(Br)c1C#N. The van der Waals surface area contributed by atoms with Gasteiger partial charge in [-0.2, -0.15) is 5.26 Å². The fourth-order valence-corrected chi connectivity index (χ4v) is 2.70. The fourth-order valence-electron chi connectivity index (χ4n) is 2.26. The van der Waals surface area contributed by atoms with E-state index < -0.39 is 0 Å². The molecule has 1 aromatic rings. The third kappa shape index (κ3) is 2.72. The molecule has 100 valence electrons. The standard InChI is InChI=1S/C13H15BrN4O/c1-16-13(19)12-8-17-5-6-18(12)11-4-2-3-10(14)9(11)7-15/h2-4,12,17H,5-6,8H2,1H3,(H,16,19). The molecular formula is C13H15BrN4O. The highest BCUT2D eigenvalue weighted by atomic mass is 79.9. The van der Waals surface area contributed by atoms with Crippen molar-refractivity contribution < 1.29 is 4.79 Å². The number of hydrogen-bond acceptors (Lipinski definition) is 4. The minimum absolute atomic E-state index is 0.0453. The van der Waals surface area contributed by atoms with Crippen LogP contribution in [0, 0.1) is 11.3 Å². The summed E-state index contributed by atoms with van der Waals surface area (Å²) in [6.45, 7) is 2.07. The van der Waals surface area contributed by atoms with Crippen LogP contribution in [-0.2, 0) is 4.79 Å². The second-order valence-corrected chi connectivity index (χ2v) is 5.13. The molecule has 5 nitrogen and oxygen atoms in total. The topological polar surface area (TPSA) is 68.2 Å². The molecule has 0 bridgehead atoms. The van der Waals surface area contributed by atoms with Gasteiger partial charge < -0.3 is 15.5 Å². The highest BCUT2D eigenvalue weighted by molar-refractivity contribution is 9.10. The summed E-state index contributed by atoms with van der Waals surface area (Å²) in [6.07, 6.45) is 0. The number of rotatable bonds is 2. The Labute approximate surface area is 120 Å². The molecular weight excluding hydrogens is 308 g/mol. The number of nitrogens with one attached hydrogen (secondary N) is 2. The van der Waals surface area contributed by atoms with Gasteiger partial charge in [-0.25, -0.2) is 0 Å². The zero-order valence-electron chi connectivity index (χ0n) is 10.6. The number of anilines is 1. The first-order valence-corrected chi connectivity index (χ1v) is 6.86. The van der Waals surface area contributed by atoms with Crippen LogP contribution in [0.4, 0.5) is 5.69 Å². The number of halogens is 1. The van der Waals surface area contributed by atoms with E-state index in [0.29, 0.717) is 18.7 Å². The van der Waals surface area contributed by atoms with Crippen molar-refractivity contribution in [2.24, 2.45) is 0 Å². The number of hydrogen-bond donors (Lipinski definition) is 2. The van der Waals surface area contributed by atoms with E-state index in [0.717, 1.165) is 16.7 Å². The summed E-state index contributed by atoms with van der Waals surface area (Å²) in [7, 11) is 1.63. The Hall–Kier alpha value is -1.58. The summed E-state index contributed by atoms with van der Waals surface area (Å²) in [5, 5.41) is 15.2. The molecule has 1 fully saturated rings. The van der Waals surface area contributed by atoms with E-state index in [1.807, 2.05) is 23.1 Å². The Morgan fingerprint density at radius 1 is 1.63 bits per heavy atom. The second kappa shape index (κ2) is 6.04. The predicted molar refractivity (Wildman–Crippen MR) is 76.9 cm³/mol. The number of nitriles is 1. The first-order valence-electron chi connectivity index (χ1n) is 6.06.